The van der Waals surface area contributed by atoms with Gasteiger partial charge in [0.25, 0.3) is 0 Å². The monoisotopic (exact) mass is 582 g/mol. The maximum absolute atomic E-state index is 14.1. The molecule has 1 heterocycles. The molecule has 9 heteroatoms. The van der Waals surface area contributed by atoms with Gasteiger partial charge in [-0.05, 0) is 82.4 Å². The number of ether oxygens (including phenoxy) is 2. The lowest BCUT2D eigenvalue weighted by molar-refractivity contribution is 0.195. The van der Waals surface area contributed by atoms with Crippen molar-refractivity contribution in [3.05, 3.63) is 93.5 Å². The van der Waals surface area contributed by atoms with Gasteiger partial charge in [-0.15, -0.1) is 0 Å². The molecule has 40 heavy (non-hydrogen) atoms. The van der Waals surface area contributed by atoms with Gasteiger partial charge in [0, 0.05) is 29.2 Å². The van der Waals surface area contributed by atoms with Crippen molar-refractivity contribution < 1.29 is 14.3 Å². The number of likely N-dealkylation sites (N-methyl/N-ethyl adjacent to an activating group) is 1. The van der Waals surface area contributed by atoms with Crippen LogP contribution in [0.25, 0.3) is 0 Å². The molecule has 7 nitrogen and oxygen atoms in total. The summed E-state index contributed by atoms with van der Waals surface area (Å²) in [5, 5.41) is 4.34. The van der Waals surface area contributed by atoms with E-state index in [0.29, 0.717) is 46.0 Å². The van der Waals surface area contributed by atoms with E-state index in [1.165, 1.54) is 0 Å². The number of halogens is 2. The number of aliphatic imine (C=N–C) groups is 1. The largest absolute Gasteiger partial charge is 0.497 e. The predicted molar refractivity (Wildman–Crippen MR) is 162 cm³/mol. The first kappa shape index (κ1) is 29.7. The second kappa shape index (κ2) is 12.5. The van der Waals surface area contributed by atoms with E-state index < -0.39 is 11.6 Å². The number of carbonyl (C=O) groups excluding carboxylic acids is 1. The number of hydrogen-bond donors (Lipinski definition) is 1. The van der Waals surface area contributed by atoms with Crippen LogP contribution in [0.1, 0.15) is 43.5 Å². The normalized spacial score (nSPS) is 18.7. The summed E-state index contributed by atoms with van der Waals surface area (Å²) < 4.78 is 11.7. The zero-order valence-electron chi connectivity index (χ0n) is 23.7. The number of methoxy groups -OCH3 is 1. The van der Waals surface area contributed by atoms with Crippen molar-refractivity contribution in [2.45, 2.75) is 38.5 Å². The Hall–Kier alpha value is -3.26. The Labute approximate surface area is 246 Å². The summed E-state index contributed by atoms with van der Waals surface area (Å²) in [6.45, 7) is 7.11. The molecular weight excluding hydrogens is 547 g/mol. The van der Waals surface area contributed by atoms with Crippen LogP contribution < -0.4 is 14.8 Å². The summed E-state index contributed by atoms with van der Waals surface area (Å²) in [5.74, 6) is 1.72. The first-order valence-electron chi connectivity index (χ1n) is 13.2. The van der Waals surface area contributed by atoms with E-state index in [2.05, 4.69) is 5.32 Å². The number of nitrogens with one attached hydrogen (secondary N) is 1. The minimum atomic E-state index is -0.859. The fraction of sp³-hybridized carbons (Fsp3) is 0.355. The number of nitrogens with zero attached hydrogens (tertiary/aromatic N) is 3. The van der Waals surface area contributed by atoms with E-state index in [4.69, 9.17) is 37.7 Å². The van der Waals surface area contributed by atoms with E-state index >= 15 is 0 Å². The van der Waals surface area contributed by atoms with Crippen molar-refractivity contribution in [2.24, 2.45) is 4.99 Å². The second-order valence-electron chi connectivity index (χ2n) is 10.5. The highest BCUT2D eigenvalue weighted by molar-refractivity contribution is 6.30. The van der Waals surface area contributed by atoms with E-state index in [1.54, 1.807) is 12.0 Å². The first-order chi connectivity index (χ1) is 19.0. The Bertz CT molecular complexity index is 1360. The van der Waals surface area contributed by atoms with Gasteiger partial charge >= 0.3 is 6.03 Å². The maximum atomic E-state index is 14.1. The molecule has 0 aromatic heterocycles. The number of benzene rings is 3. The summed E-state index contributed by atoms with van der Waals surface area (Å²) >= 11 is 12.5. The van der Waals surface area contributed by atoms with Gasteiger partial charge in [-0.2, -0.15) is 0 Å². The molecule has 2 amide bonds. The molecular formula is C31H36Cl2N4O3. The van der Waals surface area contributed by atoms with Crippen LogP contribution in [0.2, 0.25) is 10.0 Å². The van der Waals surface area contributed by atoms with Gasteiger partial charge < -0.3 is 19.7 Å². The molecule has 0 aliphatic carbocycles. The van der Waals surface area contributed by atoms with Crippen molar-refractivity contribution in [2.75, 3.05) is 34.3 Å². The minimum Gasteiger partial charge on any atom is -0.497 e. The lowest BCUT2D eigenvalue weighted by Crippen LogP contribution is -2.47. The molecule has 2 atom stereocenters. The molecule has 212 valence electrons. The molecule has 4 rings (SSSR count). The Morgan fingerprint density at radius 2 is 1.68 bits per heavy atom. The van der Waals surface area contributed by atoms with Gasteiger partial charge in [0.1, 0.15) is 22.9 Å². The van der Waals surface area contributed by atoms with Crippen LogP contribution in [-0.2, 0) is 5.54 Å². The van der Waals surface area contributed by atoms with Crippen molar-refractivity contribution >= 4 is 35.1 Å². The van der Waals surface area contributed by atoms with E-state index in [0.717, 1.165) is 11.1 Å². The second-order valence-corrected chi connectivity index (χ2v) is 11.4. The van der Waals surface area contributed by atoms with Crippen molar-refractivity contribution in [3.63, 3.8) is 0 Å². The Morgan fingerprint density at radius 1 is 1.05 bits per heavy atom. The molecule has 3 aromatic carbocycles. The van der Waals surface area contributed by atoms with Crippen LogP contribution >= 0.6 is 23.2 Å². The van der Waals surface area contributed by atoms with Crippen molar-refractivity contribution in [1.29, 1.82) is 0 Å². The van der Waals surface area contributed by atoms with Crippen LogP contribution in [0.5, 0.6) is 11.5 Å². The fourth-order valence-electron chi connectivity index (χ4n) is 4.88. The fourth-order valence-corrected chi connectivity index (χ4v) is 5.13. The SMILES string of the molecule is COc1ccc(C2=N[C@@](C)(c3ccc(Cl)cc3)[C@H](c3ccc(Cl)cc3)N2C(=O)NCCN(C)C)c(OC(C)C)c1. The maximum Gasteiger partial charge on any atom is 0.323 e. The Morgan fingerprint density at radius 3 is 2.25 bits per heavy atom. The Kier molecular flexibility index (Phi) is 9.29. The van der Waals surface area contributed by atoms with Gasteiger partial charge in [0.05, 0.1) is 24.8 Å². The zero-order chi connectivity index (χ0) is 29.0. The molecule has 0 saturated carbocycles. The zero-order valence-corrected chi connectivity index (χ0v) is 25.3. The molecule has 0 saturated heterocycles. The molecule has 0 spiro atoms. The van der Waals surface area contributed by atoms with E-state index in [-0.39, 0.29) is 12.1 Å². The van der Waals surface area contributed by atoms with Gasteiger partial charge in [0.2, 0.25) is 0 Å². The summed E-state index contributed by atoms with van der Waals surface area (Å²) in [4.78, 5) is 23.2. The molecule has 3 aromatic rings. The molecule has 1 N–H and O–H groups in total. The van der Waals surface area contributed by atoms with Crippen LogP contribution in [0.4, 0.5) is 4.79 Å². The number of amides is 2. The molecule has 0 radical (unpaired) electrons. The summed E-state index contributed by atoms with van der Waals surface area (Å²) in [6.07, 6.45) is -0.107. The number of carbonyl (C=O) groups is 1. The van der Waals surface area contributed by atoms with Gasteiger partial charge in [-0.25, -0.2) is 4.79 Å². The lowest BCUT2D eigenvalue weighted by Gasteiger charge is -2.35. The standard InChI is InChI=1S/C31H36Cl2N4O3/c1-20(2)40-27-19-25(39-6)15-16-26(27)29-35-31(3,22-9-13-24(33)14-10-22)28(21-7-11-23(32)12-8-21)37(29)30(38)34-17-18-36(4)5/h7-16,19-20,28H,17-18H2,1-6H3,(H,34,38)/t28-,31-/m0/s1. The van der Waals surface area contributed by atoms with Crippen LogP contribution in [0.3, 0.4) is 0 Å². The third-order valence-electron chi connectivity index (χ3n) is 6.82. The summed E-state index contributed by atoms with van der Waals surface area (Å²) in [7, 11) is 5.55. The predicted octanol–water partition coefficient (Wildman–Crippen LogP) is 6.78. The minimum absolute atomic E-state index is 0.107. The Balaban J connectivity index is 1.95. The highest BCUT2D eigenvalue weighted by atomic mass is 35.5. The van der Waals surface area contributed by atoms with Crippen LogP contribution in [-0.4, -0.2) is 62.1 Å². The van der Waals surface area contributed by atoms with Crippen LogP contribution in [0, 0.1) is 0 Å². The van der Waals surface area contributed by atoms with Crippen molar-refractivity contribution in [1.82, 2.24) is 15.1 Å². The van der Waals surface area contributed by atoms with Crippen molar-refractivity contribution in [3.8, 4) is 11.5 Å². The third kappa shape index (κ3) is 6.38. The van der Waals surface area contributed by atoms with E-state index in [1.807, 2.05) is 106 Å². The van der Waals surface area contributed by atoms with Crippen LogP contribution in [0.15, 0.2) is 71.7 Å². The number of amidine groups is 1. The van der Waals surface area contributed by atoms with Gasteiger partial charge in [-0.1, -0.05) is 47.5 Å². The topological polar surface area (TPSA) is 66.4 Å². The number of hydrogen-bond acceptors (Lipinski definition) is 5. The smallest absolute Gasteiger partial charge is 0.323 e. The summed E-state index contributed by atoms with van der Waals surface area (Å²) in [6, 6.07) is 20.0. The third-order valence-corrected chi connectivity index (χ3v) is 7.32. The molecule has 1 aliphatic heterocycles. The quantitative estimate of drug-likeness (QED) is 0.302. The van der Waals surface area contributed by atoms with E-state index in [9.17, 15) is 4.79 Å². The number of rotatable bonds is 9. The number of urea groups is 1. The molecule has 0 fully saturated rings. The first-order valence-corrected chi connectivity index (χ1v) is 14.0. The molecule has 1 aliphatic rings. The highest BCUT2D eigenvalue weighted by Crippen LogP contribution is 2.49. The van der Waals surface area contributed by atoms with Gasteiger partial charge in [-0.3, -0.25) is 9.89 Å². The highest BCUT2D eigenvalue weighted by Gasteiger charge is 2.50. The average Bonchev–Trinajstić information content (AvgIpc) is 3.22. The summed E-state index contributed by atoms with van der Waals surface area (Å²) in [5.41, 5.74) is 1.64. The lowest BCUT2D eigenvalue weighted by atomic mass is 9.81. The van der Waals surface area contributed by atoms with Gasteiger partial charge in [0.15, 0.2) is 0 Å². The average molecular weight is 584 g/mol. The molecule has 0 unspecified atom stereocenters. The molecule has 0 bridgehead atoms.